The van der Waals surface area contributed by atoms with Crippen LogP contribution in [-0.2, 0) is 6.42 Å². The van der Waals surface area contributed by atoms with Gasteiger partial charge in [-0.15, -0.1) is 0 Å². The van der Waals surface area contributed by atoms with Gasteiger partial charge >= 0.3 is 0 Å². The van der Waals surface area contributed by atoms with Gasteiger partial charge in [-0.1, -0.05) is 60.7 Å². The van der Waals surface area contributed by atoms with E-state index in [1.54, 1.807) is 0 Å². The van der Waals surface area contributed by atoms with Crippen molar-refractivity contribution >= 4 is 38.8 Å². The molecule has 7 rings (SSSR count). The van der Waals surface area contributed by atoms with Crippen molar-refractivity contribution in [1.82, 2.24) is 9.13 Å². The Kier molecular flexibility index (Phi) is 3.71. The Labute approximate surface area is 186 Å². The number of rotatable bonds is 2. The molecule has 2 heteroatoms. The van der Waals surface area contributed by atoms with Gasteiger partial charge in [0.15, 0.2) is 0 Å². The molecule has 0 saturated carbocycles. The highest BCUT2D eigenvalue weighted by atomic mass is 15.0. The molecule has 0 unspecified atom stereocenters. The van der Waals surface area contributed by atoms with Crippen molar-refractivity contribution in [2.24, 2.45) is 0 Å². The molecule has 0 radical (unpaired) electrons. The first-order valence-corrected chi connectivity index (χ1v) is 11.3. The number of allylic oxidation sites excluding steroid dienone is 1. The van der Waals surface area contributed by atoms with Gasteiger partial charge in [0.1, 0.15) is 0 Å². The van der Waals surface area contributed by atoms with E-state index in [4.69, 9.17) is 0 Å². The molecular weight excluding hydrogens is 388 g/mol. The first-order valence-electron chi connectivity index (χ1n) is 11.3. The minimum atomic E-state index is 1.11. The normalized spacial score (nSPS) is 13.2. The second-order valence-electron chi connectivity index (χ2n) is 8.54. The highest BCUT2D eigenvalue weighted by Gasteiger charge is 2.18. The zero-order chi connectivity index (χ0) is 21.1. The van der Waals surface area contributed by atoms with Crippen LogP contribution in [0.2, 0.25) is 0 Å². The van der Waals surface area contributed by atoms with Crippen molar-refractivity contribution in [3.8, 4) is 11.4 Å². The fourth-order valence-electron chi connectivity index (χ4n) is 5.42. The maximum atomic E-state index is 2.41. The fraction of sp³-hybridized carbons (Fsp3) is 0.0667. The van der Waals surface area contributed by atoms with Crippen LogP contribution in [0.5, 0.6) is 0 Å². The van der Waals surface area contributed by atoms with Crippen LogP contribution in [0, 0.1) is 0 Å². The summed E-state index contributed by atoms with van der Waals surface area (Å²) < 4.78 is 4.79. The summed E-state index contributed by atoms with van der Waals surface area (Å²) >= 11 is 0. The van der Waals surface area contributed by atoms with Gasteiger partial charge < -0.3 is 9.13 Å². The first-order chi connectivity index (χ1) is 15.9. The molecule has 0 bridgehead atoms. The van der Waals surface area contributed by atoms with Crippen molar-refractivity contribution in [2.45, 2.75) is 12.8 Å². The summed E-state index contributed by atoms with van der Waals surface area (Å²) in [7, 11) is 0. The Balaban J connectivity index is 1.44. The lowest BCUT2D eigenvalue weighted by atomic mass is 10.0. The first kappa shape index (κ1) is 17.6. The molecule has 0 atom stereocenters. The molecule has 4 aromatic carbocycles. The molecule has 152 valence electrons. The van der Waals surface area contributed by atoms with Crippen LogP contribution >= 0.6 is 0 Å². The molecule has 2 aromatic heterocycles. The van der Waals surface area contributed by atoms with E-state index in [-0.39, 0.29) is 0 Å². The van der Waals surface area contributed by atoms with E-state index in [9.17, 15) is 0 Å². The smallest absolute Gasteiger partial charge is 0.0541 e. The van der Waals surface area contributed by atoms with Crippen LogP contribution < -0.4 is 0 Å². The Morgan fingerprint density at radius 1 is 0.500 bits per heavy atom. The molecular formula is C30H22N2. The molecule has 1 aliphatic carbocycles. The highest BCUT2D eigenvalue weighted by Crippen LogP contribution is 2.35. The topological polar surface area (TPSA) is 9.86 Å². The van der Waals surface area contributed by atoms with E-state index in [0.29, 0.717) is 0 Å². The number of aryl methyl sites for hydroxylation is 1. The van der Waals surface area contributed by atoms with Crippen LogP contribution in [0.4, 0.5) is 0 Å². The Morgan fingerprint density at radius 3 is 1.62 bits per heavy atom. The van der Waals surface area contributed by atoms with E-state index >= 15 is 0 Å². The van der Waals surface area contributed by atoms with Gasteiger partial charge in [0, 0.05) is 33.2 Å². The number of fused-ring (bicyclic) bond motifs is 6. The minimum absolute atomic E-state index is 1.11. The number of para-hydroxylation sites is 3. The molecule has 32 heavy (non-hydrogen) atoms. The third-order valence-corrected chi connectivity index (χ3v) is 6.80. The van der Waals surface area contributed by atoms with E-state index in [1.165, 1.54) is 55.3 Å². The minimum Gasteiger partial charge on any atom is -0.310 e. The average molecular weight is 411 g/mol. The van der Waals surface area contributed by atoms with Crippen LogP contribution in [0.15, 0.2) is 103 Å². The molecule has 0 N–H and O–H groups in total. The predicted molar refractivity (Wildman–Crippen MR) is 135 cm³/mol. The van der Waals surface area contributed by atoms with Crippen molar-refractivity contribution in [1.29, 1.82) is 0 Å². The number of benzene rings is 4. The number of hydrogen-bond donors (Lipinski definition) is 0. The molecule has 0 saturated heterocycles. The van der Waals surface area contributed by atoms with E-state index < -0.39 is 0 Å². The standard InChI is InChI=1S/C30H22N2/c1-5-13-27-23(9-1)24-10-2-6-14-28(24)31(27)21-17-19-22(20-18-21)32-29-15-7-3-11-25(29)26-12-4-8-16-30(26)32/h1-3,5-11,13-20H,4,12H2. The van der Waals surface area contributed by atoms with Gasteiger partial charge in [-0.2, -0.15) is 0 Å². The van der Waals surface area contributed by atoms with Gasteiger partial charge in [-0.05, 0) is 66.9 Å². The maximum Gasteiger partial charge on any atom is 0.0541 e. The summed E-state index contributed by atoms with van der Waals surface area (Å²) in [4.78, 5) is 0. The van der Waals surface area contributed by atoms with Crippen LogP contribution in [0.3, 0.4) is 0 Å². The maximum absolute atomic E-state index is 2.41. The van der Waals surface area contributed by atoms with Gasteiger partial charge in [-0.3, -0.25) is 0 Å². The third-order valence-electron chi connectivity index (χ3n) is 6.80. The van der Waals surface area contributed by atoms with Gasteiger partial charge in [0.05, 0.1) is 16.6 Å². The molecule has 0 aliphatic heterocycles. The fourth-order valence-corrected chi connectivity index (χ4v) is 5.42. The number of nitrogens with zero attached hydrogens (tertiary/aromatic N) is 2. The Bertz CT molecular complexity index is 1610. The summed E-state index contributed by atoms with van der Waals surface area (Å²) in [5, 5.41) is 3.96. The van der Waals surface area contributed by atoms with E-state index in [0.717, 1.165) is 12.8 Å². The quantitative estimate of drug-likeness (QED) is 0.277. The van der Waals surface area contributed by atoms with Crippen LogP contribution in [-0.4, -0.2) is 9.13 Å². The van der Waals surface area contributed by atoms with E-state index in [2.05, 4.69) is 118 Å². The van der Waals surface area contributed by atoms with Crippen molar-refractivity contribution in [2.75, 3.05) is 0 Å². The monoisotopic (exact) mass is 410 g/mol. The second-order valence-corrected chi connectivity index (χ2v) is 8.54. The lowest BCUT2D eigenvalue weighted by Gasteiger charge is -2.14. The van der Waals surface area contributed by atoms with E-state index in [1.807, 2.05) is 0 Å². The van der Waals surface area contributed by atoms with Crippen molar-refractivity contribution < 1.29 is 0 Å². The van der Waals surface area contributed by atoms with Crippen molar-refractivity contribution in [3.05, 3.63) is 114 Å². The summed E-state index contributed by atoms with van der Waals surface area (Å²) in [6, 6.07) is 35.1. The largest absolute Gasteiger partial charge is 0.310 e. The van der Waals surface area contributed by atoms with Crippen molar-refractivity contribution in [3.63, 3.8) is 0 Å². The molecule has 0 amide bonds. The van der Waals surface area contributed by atoms with Crippen LogP contribution in [0.25, 0.3) is 50.2 Å². The molecule has 2 heterocycles. The highest BCUT2D eigenvalue weighted by molar-refractivity contribution is 6.09. The predicted octanol–water partition coefficient (Wildman–Crippen LogP) is 7.69. The number of hydrogen-bond acceptors (Lipinski definition) is 0. The molecule has 0 fully saturated rings. The zero-order valence-electron chi connectivity index (χ0n) is 17.7. The SMILES string of the molecule is C1=Cc2c(c3ccccc3n2-c2ccc(-n3c4ccccc4c4ccccc43)cc2)CC1. The second kappa shape index (κ2) is 6.73. The van der Waals surface area contributed by atoms with Gasteiger partial charge in [0.2, 0.25) is 0 Å². The van der Waals surface area contributed by atoms with Gasteiger partial charge in [-0.25, -0.2) is 0 Å². The summed E-state index contributed by atoms with van der Waals surface area (Å²) in [5.74, 6) is 0. The number of aromatic nitrogens is 2. The Hall–Kier alpha value is -4.04. The molecule has 2 nitrogen and oxygen atoms in total. The Morgan fingerprint density at radius 2 is 1.00 bits per heavy atom. The third kappa shape index (κ3) is 2.41. The molecule has 1 aliphatic rings. The van der Waals surface area contributed by atoms with Crippen LogP contribution in [0.1, 0.15) is 17.7 Å². The summed E-state index contributed by atoms with van der Waals surface area (Å²) in [6.07, 6.45) is 6.82. The molecule has 6 aromatic rings. The average Bonchev–Trinajstić information content (AvgIpc) is 3.38. The zero-order valence-corrected chi connectivity index (χ0v) is 17.7. The summed E-state index contributed by atoms with van der Waals surface area (Å²) in [5.41, 5.74) is 8.96. The lowest BCUT2D eigenvalue weighted by Crippen LogP contribution is -2.01. The summed E-state index contributed by atoms with van der Waals surface area (Å²) in [6.45, 7) is 0. The molecule has 0 spiro atoms. The van der Waals surface area contributed by atoms with Gasteiger partial charge in [0.25, 0.3) is 0 Å². The lowest BCUT2D eigenvalue weighted by molar-refractivity contribution is 0.967.